The summed E-state index contributed by atoms with van der Waals surface area (Å²) >= 11 is 1.62. The summed E-state index contributed by atoms with van der Waals surface area (Å²) in [6.07, 6.45) is 12.9. The van der Waals surface area contributed by atoms with Crippen LogP contribution >= 0.6 is 11.3 Å². The highest BCUT2D eigenvalue weighted by Crippen LogP contribution is 2.51. The summed E-state index contributed by atoms with van der Waals surface area (Å²) < 4.78 is 7.46. The second-order valence-corrected chi connectivity index (χ2v) is 17.4. The van der Waals surface area contributed by atoms with Crippen LogP contribution in [0.1, 0.15) is 68.4 Å². The van der Waals surface area contributed by atoms with Crippen molar-refractivity contribution in [3.05, 3.63) is 66.1 Å². The van der Waals surface area contributed by atoms with Crippen molar-refractivity contribution < 1.29 is 14.3 Å². The first-order chi connectivity index (χ1) is 28.4. The Morgan fingerprint density at radius 2 is 1.72 bits per heavy atom. The van der Waals surface area contributed by atoms with Crippen molar-refractivity contribution in [3.63, 3.8) is 0 Å². The molecule has 5 fully saturated rings. The zero-order valence-electron chi connectivity index (χ0n) is 32.3. The first-order valence-electron chi connectivity index (χ1n) is 20.5. The number of hydrogen-bond acceptors (Lipinski definition) is 14. The Kier molecular flexibility index (Phi) is 9.74. The van der Waals surface area contributed by atoms with E-state index in [4.69, 9.17) is 24.9 Å². The van der Waals surface area contributed by atoms with Gasteiger partial charge in [-0.15, -0.1) is 10.2 Å². The van der Waals surface area contributed by atoms with E-state index in [0.29, 0.717) is 29.9 Å². The average molecular weight is 799 g/mol. The molecule has 4 saturated heterocycles. The Balaban J connectivity index is 0.752. The Bertz CT molecular complexity index is 2360. The molecule has 1 aliphatic carbocycles. The Labute approximate surface area is 340 Å². The molecule has 298 valence electrons. The van der Waals surface area contributed by atoms with Crippen LogP contribution in [0.25, 0.3) is 27.5 Å². The number of carbonyl (C=O) groups excluding carboxylic acids is 2. The van der Waals surface area contributed by atoms with Crippen molar-refractivity contribution in [2.75, 3.05) is 67.6 Å². The molecule has 2 amide bonds. The lowest BCUT2D eigenvalue weighted by Gasteiger charge is -2.56. The van der Waals surface area contributed by atoms with Gasteiger partial charge in [0, 0.05) is 89.1 Å². The lowest BCUT2D eigenvalue weighted by molar-refractivity contribution is -0.134. The molecule has 5 aromatic heterocycles. The van der Waals surface area contributed by atoms with Gasteiger partial charge in [-0.2, -0.15) is 10.4 Å². The molecule has 0 unspecified atom stereocenters. The first kappa shape index (κ1) is 36.8. The number of imide groups is 1. The summed E-state index contributed by atoms with van der Waals surface area (Å²) in [6, 6.07) is 15.0. The SMILES string of the molecule is N#Cc1cnn2c(-c3cc(NC4CCOCC4)c(-c4nnc(N5CCN(C6CC7(CCN(c8ccc([C@@H]9CCC(=O)NC9=O)cn8)CC7)C6)CC5)s4)cn3)ccc2c1. The number of nitrogens with one attached hydrogen (secondary N) is 2. The summed E-state index contributed by atoms with van der Waals surface area (Å²) in [7, 11) is 0. The fraction of sp³-hybridized carbons (Fsp3) is 0.476. The summed E-state index contributed by atoms with van der Waals surface area (Å²) in [5.41, 5.74) is 6.21. The van der Waals surface area contributed by atoms with Gasteiger partial charge < -0.3 is 19.9 Å². The zero-order chi connectivity index (χ0) is 39.2. The predicted octanol–water partition coefficient (Wildman–Crippen LogP) is 4.86. The Morgan fingerprint density at radius 3 is 2.48 bits per heavy atom. The number of anilines is 3. The van der Waals surface area contributed by atoms with Crippen molar-refractivity contribution in [2.45, 2.75) is 69.4 Å². The standard InChI is InChI=1S/C42H46N12O3S/c43-23-27-19-30-2-4-36(54(30)46-24-27)35-20-34(47-29-7-17-57-18-8-29)33(26-44-35)40-49-50-41(58-40)53-15-13-51(14-16-53)31-21-42(22-31)9-11-52(12-10-42)37-5-1-28(25-45-37)32-3-6-38(55)48-39(32)56/h1-2,4-5,19-20,24-26,29,31-32H,3,6-18,21-22H2,(H,44,47)(H,48,55,56)/t32-/m0/s1. The molecule has 0 radical (unpaired) electrons. The predicted molar refractivity (Wildman–Crippen MR) is 220 cm³/mol. The Morgan fingerprint density at radius 1 is 0.897 bits per heavy atom. The number of amides is 2. The maximum atomic E-state index is 12.3. The molecule has 10 rings (SSSR count). The molecule has 2 N–H and O–H groups in total. The van der Waals surface area contributed by atoms with Crippen LogP contribution in [0.15, 0.2) is 55.0 Å². The molecular weight excluding hydrogens is 753 g/mol. The number of carbonyl (C=O) groups is 2. The lowest BCUT2D eigenvalue weighted by Crippen LogP contribution is -2.59. The highest BCUT2D eigenvalue weighted by atomic mass is 32.1. The number of ether oxygens (including phenoxy) is 1. The van der Waals surface area contributed by atoms with Gasteiger partial charge in [0.25, 0.3) is 0 Å². The molecule has 58 heavy (non-hydrogen) atoms. The van der Waals surface area contributed by atoms with Gasteiger partial charge in [0.2, 0.25) is 16.9 Å². The second kappa shape index (κ2) is 15.3. The topological polar surface area (TPSA) is 170 Å². The monoisotopic (exact) mass is 798 g/mol. The molecule has 1 spiro atoms. The van der Waals surface area contributed by atoms with E-state index in [1.165, 1.54) is 25.7 Å². The number of piperidine rings is 2. The first-order valence-corrected chi connectivity index (χ1v) is 21.3. The molecule has 9 heterocycles. The van der Waals surface area contributed by atoms with E-state index in [1.54, 1.807) is 17.5 Å². The molecule has 5 aromatic rings. The summed E-state index contributed by atoms with van der Waals surface area (Å²) in [5.74, 6) is 0.259. The van der Waals surface area contributed by atoms with Crippen molar-refractivity contribution >= 4 is 45.3 Å². The van der Waals surface area contributed by atoms with Gasteiger partial charge in [0.05, 0.1) is 40.1 Å². The maximum Gasteiger partial charge on any atom is 0.234 e. The molecule has 0 bridgehead atoms. The molecule has 4 aliphatic heterocycles. The molecule has 5 aliphatic rings. The van der Waals surface area contributed by atoms with Crippen molar-refractivity contribution in [3.8, 4) is 28.0 Å². The summed E-state index contributed by atoms with van der Waals surface area (Å²) in [5, 5.41) is 31.3. The van der Waals surface area contributed by atoms with Crippen LogP contribution in [0.2, 0.25) is 0 Å². The van der Waals surface area contributed by atoms with E-state index < -0.39 is 0 Å². The summed E-state index contributed by atoms with van der Waals surface area (Å²) in [4.78, 5) is 40.9. The molecule has 1 atom stereocenters. The van der Waals surface area contributed by atoms with Crippen LogP contribution in [0.5, 0.6) is 0 Å². The third-order valence-electron chi connectivity index (χ3n) is 13.0. The van der Waals surface area contributed by atoms with E-state index in [-0.39, 0.29) is 23.8 Å². The van der Waals surface area contributed by atoms with Crippen LogP contribution in [0.3, 0.4) is 0 Å². The van der Waals surface area contributed by atoms with Gasteiger partial charge >= 0.3 is 0 Å². The molecule has 16 heteroatoms. The van der Waals surface area contributed by atoms with Crippen LogP contribution in [-0.4, -0.2) is 111 Å². The molecule has 0 aromatic carbocycles. The number of rotatable bonds is 8. The molecule has 1 saturated carbocycles. The minimum atomic E-state index is -0.300. The number of piperazine rings is 1. The normalized spacial score (nSPS) is 21.9. The number of aromatic nitrogens is 6. The van der Waals surface area contributed by atoms with E-state index in [2.05, 4.69) is 42.6 Å². The van der Waals surface area contributed by atoms with E-state index >= 15 is 0 Å². The summed E-state index contributed by atoms with van der Waals surface area (Å²) in [6.45, 7) is 7.37. The average Bonchev–Trinajstić information content (AvgIpc) is 3.92. The number of hydrogen-bond donors (Lipinski definition) is 2. The highest BCUT2D eigenvalue weighted by Gasteiger charge is 2.48. The van der Waals surface area contributed by atoms with Crippen LogP contribution in [-0.2, 0) is 14.3 Å². The van der Waals surface area contributed by atoms with Gasteiger partial charge in [0.15, 0.2) is 5.01 Å². The quantitative estimate of drug-likeness (QED) is 0.204. The number of fused-ring (bicyclic) bond motifs is 1. The van der Waals surface area contributed by atoms with E-state index in [1.807, 2.05) is 47.2 Å². The highest BCUT2D eigenvalue weighted by molar-refractivity contribution is 7.18. The van der Waals surface area contributed by atoms with E-state index in [0.717, 1.165) is 115 Å². The third-order valence-corrected chi connectivity index (χ3v) is 14.0. The largest absolute Gasteiger partial charge is 0.381 e. The van der Waals surface area contributed by atoms with Crippen molar-refractivity contribution in [1.29, 1.82) is 5.26 Å². The molecular formula is C42H46N12O3S. The number of nitrogens with zero attached hydrogens (tertiary/aromatic N) is 10. The van der Waals surface area contributed by atoms with Crippen LogP contribution in [0.4, 0.5) is 16.6 Å². The van der Waals surface area contributed by atoms with Gasteiger partial charge in [0.1, 0.15) is 11.9 Å². The lowest BCUT2D eigenvalue weighted by atomic mass is 9.60. The number of nitriles is 1. The van der Waals surface area contributed by atoms with Crippen molar-refractivity contribution in [1.82, 2.24) is 40.0 Å². The maximum absolute atomic E-state index is 12.3. The van der Waals surface area contributed by atoms with Crippen LogP contribution < -0.4 is 20.4 Å². The smallest absolute Gasteiger partial charge is 0.234 e. The van der Waals surface area contributed by atoms with E-state index in [9.17, 15) is 14.9 Å². The third kappa shape index (κ3) is 7.16. The number of pyridine rings is 2. The second-order valence-electron chi connectivity index (χ2n) is 16.5. The molecule has 15 nitrogen and oxygen atoms in total. The fourth-order valence-corrected chi connectivity index (χ4v) is 10.5. The fourth-order valence-electron chi connectivity index (χ4n) is 9.55. The Hall–Kier alpha value is -5.50. The minimum absolute atomic E-state index is 0.193. The van der Waals surface area contributed by atoms with Crippen molar-refractivity contribution in [2.24, 2.45) is 5.41 Å². The van der Waals surface area contributed by atoms with Gasteiger partial charge in [-0.3, -0.25) is 24.8 Å². The van der Waals surface area contributed by atoms with Gasteiger partial charge in [-0.1, -0.05) is 17.4 Å². The van der Waals surface area contributed by atoms with Gasteiger partial charge in [-0.25, -0.2) is 9.50 Å². The zero-order valence-corrected chi connectivity index (χ0v) is 33.2. The van der Waals surface area contributed by atoms with Gasteiger partial charge in [-0.05, 0) is 86.3 Å². The van der Waals surface area contributed by atoms with Crippen LogP contribution in [0, 0.1) is 16.7 Å². The minimum Gasteiger partial charge on any atom is -0.381 e.